The standard InChI is InChI=1S/C32H28Cl2FN5O6/c1-45-27-13-17(12-21(35)20(27)16-41)31(43)37-23-8-3-6-18(29(23)33)19-7-4-9-24(30(19)34)38-32(44)25-14-26-22(36-15-28(42)46-2)10-5-11-40(26)39-25/h3-4,6-9,12-14,16,22,36H,5,10-11,15H2,1-2H3,(H,37,43)(H,38,44). The van der Waals surface area contributed by atoms with E-state index in [1.54, 1.807) is 47.1 Å². The Labute approximate surface area is 273 Å². The normalized spacial score (nSPS) is 13.8. The fourth-order valence-electron chi connectivity index (χ4n) is 5.14. The van der Waals surface area contributed by atoms with Crippen LogP contribution in [0.15, 0.2) is 54.6 Å². The van der Waals surface area contributed by atoms with Crippen LogP contribution in [-0.2, 0) is 16.1 Å². The number of carbonyl (C=O) groups is 4. The highest BCUT2D eigenvalue weighted by Crippen LogP contribution is 2.40. The van der Waals surface area contributed by atoms with E-state index in [2.05, 4.69) is 21.0 Å². The molecule has 0 saturated heterocycles. The smallest absolute Gasteiger partial charge is 0.319 e. The van der Waals surface area contributed by atoms with Gasteiger partial charge in [0.1, 0.15) is 11.6 Å². The highest BCUT2D eigenvalue weighted by atomic mass is 35.5. The van der Waals surface area contributed by atoms with Crippen LogP contribution in [0.2, 0.25) is 10.0 Å². The second-order valence-corrected chi connectivity index (χ2v) is 11.0. The van der Waals surface area contributed by atoms with Crippen molar-refractivity contribution in [3.8, 4) is 16.9 Å². The highest BCUT2D eigenvalue weighted by Gasteiger charge is 2.26. The maximum Gasteiger partial charge on any atom is 0.319 e. The van der Waals surface area contributed by atoms with Crippen molar-refractivity contribution in [2.75, 3.05) is 31.4 Å². The van der Waals surface area contributed by atoms with Crippen LogP contribution in [0.3, 0.4) is 0 Å². The van der Waals surface area contributed by atoms with Gasteiger partial charge in [-0.25, -0.2) is 4.39 Å². The Morgan fingerprint density at radius 1 is 1.00 bits per heavy atom. The fraction of sp³-hybridized carbons (Fsp3) is 0.219. The number of fused-ring (bicyclic) bond motifs is 1. The molecule has 1 aliphatic heterocycles. The Hall–Kier alpha value is -4.78. The number of amides is 2. The number of aryl methyl sites for hydroxylation is 1. The first kappa shape index (κ1) is 32.6. The van der Waals surface area contributed by atoms with E-state index in [0.29, 0.717) is 29.6 Å². The molecule has 5 rings (SSSR count). The third kappa shape index (κ3) is 6.74. The third-order valence-electron chi connectivity index (χ3n) is 7.46. The topological polar surface area (TPSA) is 141 Å². The van der Waals surface area contributed by atoms with Gasteiger partial charge in [0.25, 0.3) is 11.8 Å². The maximum absolute atomic E-state index is 14.4. The van der Waals surface area contributed by atoms with Crippen molar-refractivity contribution in [2.24, 2.45) is 0 Å². The van der Waals surface area contributed by atoms with Gasteiger partial charge >= 0.3 is 5.97 Å². The maximum atomic E-state index is 14.4. The predicted octanol–water partition coefficient (Wildman–Crippen LogP) is 5.92. The van der Waals surface area contributed by atoms with Gasteiger partial charge in [0.15, 0.2) is 12.0 Å². The number of rotatable bonds is 10. The SMILES string of the molecule is COC(=O)CNC1CCCn2nc(C(=O)Nc3cccc(-c4cccc(NC(=O)c5cc(F)c(C=O)c(OC)c5)c4Cl)c3Cl)cc21. The number of hydrogen-bond acceptors (Lipinski definition) is 8. The van der Waals surface area contributed by atoms with Crippen molar-refractivity contribution in [1.29, 1.82) is 0 Å². The fourth-order valence-corrected chi connectivity index (χ4v) is 5.69. The van der Waals surface area contributed by atoms with Crippen LogP contribution in [0, 0.1) is 5.82 Å². The molecule has 3 aromatic carbocycles. The molecule has 1 aromatic heterocycles. The monoisotopic (exact) mass is 667 g/mol. The summed E-state index contributed by atoms with van der Waals surface area (Å²) in [7, 11) is 2.58. The van der Waals surface area contributed by atoms with E-state index >= 15 is 0 Å². The van der Waals surface area contributed by atoms with Gasteiger partial charge in [0.2, 0.25) is 0 Å². The lowest BCUT2D eigenvalue weighted by atomic mass is 10.0. The van der Waals surface area contributed by atoms with Crippen molar-refractivity contribution in [3.05, 3.63) is 93.0 Å². The summed E-state index contributed by atoms with van der Waals surface area (Å²) < 4.78 is 25.9. The number of nitrogens with zero attached hydrogens (tertiary/aromatic N) is 2. The number of methoxy groups -OCH3 is 2. The van der Waals surface area contributed by atoms with Crippen LogP contribution in [0.4, 0.5) is 15.8 Å². The van der Waals surface area contributed by atoms with E-state index in [4.69, 9.17) is 32.7 Å². The van der Waals surface area contributed by atoms with Crippen molar-refractivity contribution >= 4 is 58.6 Å². The lowest BCUT2D eigenvalue weighted by Crippen LogP contribution is -2.32. The Bertz CT molecular complexity index is 1850. The summed E-state index contributed by atoms with van der Waals surface area (Å²) in [6.07, 6.45) is 1.90. The summed E-state index contributed by atoms with van der Waals surface area (Å²) in [5.74, 6) is -2.56. The van der Waals surface area contributed by atoms with Gasteiger partial charge in [0, 0.05) is 29.3 Å². The summed E-state index contributed by atoms with van der Waals surface area (Å²) >= 11 is 13.5. The van der Waals surface area contributed by atoms with Gasteiger partial charge in [-0.3, -0.25) is 29.2 Å². The molecule has 0 spiro atoms. The van der Waals surface area contributed by atoms with Crippen LogP contribution < -0.4 is 20.7 Å². The predicted molar refractivity (Wildman–Crippen MR) is 170 cm³/mol. The first-order chi connectivity index (χ1) is 22.1. The Morgan fingerprint density at radius 2 is 1.65 bits per heavy atom. The zero-order chi connectivity index (χ0) is 33.0. The summed E-state index contributed by atoms with van der Waals surface area (Å²) in [6, 6.07) is 13.6. The van der Waals surface area contributed by atoms with E-state index in [1.165, 1.54) is 20.3 Å². The van der Waals surface area contributed by atoms with Crippen LogP contribution in [0.1, 0.15) is 55.8 Å². The number of ether oxygens (including phenoxy) is 2. The number of hydrogen-bond donors (Lipinski definition) is 3. The molecule has 0 saturated carbocycles. The molecule has 0 fully saturated rings. The van der Waals surface area contributed by atoms with Crippen molar-refractivity contribution in [2.45, 2.75) is 25.4 Å². The van der Waals surface area contributed by atoms with Crippen LogP contribution >= 0.6 is 23.2 Å². The van der Waals surface area contributed by atoms with E-state index in [-0.39, 0.29) is 50.9 Å². The first-order valence-corrected chi connectivity index (χ1v) is 14.8. The molecular weight excluding hydrogens is 640 g/mol. The molecule has 0 bridgehead atoms. The molecule has 1 aliphatic rings. The number of benzene rings is 3. The molecule has 1 atom stereocenters. The number of esters is 1. The summed E-state index contributed by atoms with van der Waals surface area (Å²) in [4.78, 5) is 49.1. The summed E-state index contributed by atoms with van der Waals surface area (Å²) in [5.41, 5.74) is 2.02. The molecule has 14 heteroatoms. The third-order valence-corrected chi connectivity index (χ3v) is 8.27. The van der Waals surface area contributed by atoms with Crippen molar-refractivity contribution in [3.63, 3.8) is 0 Å². The molecule has 2 heterocycles. The van der Waals surface area contributed by atoms with Crippen LogP contribution in [0.5, 0.6) is 5.75 Å². The van der Waals surface area contributed by atoms with Gasteiger partial charge in [-0.1, -0.05) is 47.5 Å². The average molecular weight is 669 g/mol. The number of anilines is 2. The zero-order valence-electron chi connectivity index (χ0n) is 24.7. The zero-order valence-corrected chi connectivity index (χ0v) is 26.2. The van der Waals surface area contributed by atoms with Gasteiger partial charge in [-0.05, 0) is 43.2 Å². The van der Waals surface area contributed by atoms with Crippen molar-refractivity contribution < 1.29 is 33.0 Å². The molecule has 46 heavy (non-hydrogen) atoms. The molecular formula is C32H28Cl2FN5O6. The molecule has 0 aliphatic carbocycles. The molecule has 11 nitrogen and oxygen atoms in total. The minimum Gasteiger partial charge on any atom is -0.496 e. The number of aromatic nitrogens is 2. The minimum absolute atomic E-state index is 0.0332. The van der Waals surface area contributed by atoms with E-state index in [0.717, 1.165) is 24.6 Å². The van der Waals surface area contributed by atoms with E-state index in [9.17, 15) is 23.6 Å². The molecule has 1 unspecified atom stereocenters. The lowest BCUT2D eigenvalue weighted by molar-refractivity contribution is -0.139. The largest absolute Gasteiger partial charge is 0.496 e. The van der Waals surface area contributed by atoms with Gasteiger partial charge in [0.05, 0.1) is 53.4 Å². The Balaban J connectivity index is 1.36. The molecule has 0 radical (unpaired) electrons. The molecule has 3 N–H and O–H groups in total. The van der Waals surface area contributed by atoms with Crippen LogP contribution in [-0.4, -0.2) is 54.6 Å². The number of nitrogens with one attached hydrogen (secondary N) is 3. The summed E-state index contributed by atoms with van der Waals surface area (Å²) in [6.45, 7) is 0.665. The summed E-state index contributed by atoms with van der Waals surface area (Å²) in [5, 5.41) is 13.4. The Morgan fingerprint density at radius 3 is 2.26 bits per heavy atom. The number of halogens is 3. The molecule has 238 valence electrons. The quantitative estimate of drug-likeness (QED) is 0.140. The van der Waals surface area contributed by atoms with Crippen LogP contribution in [0.25, 0.3) is 11.1 Å². The second-order valence-electron chi connectivity index (χ2n) is 10.3. The number of carbonyl (C=O) groups excluding carboxylic acids is 4. The van der Waals surface area contributed by atoms with E-state index in [1.807, 2.05) is 0 Å². The van der Waals surface area contributed by atoms with E-state index < -0.39 is 23.6 Å². The van der Waals surface area contributed by atoms with Gasteiger partial charge in [-0.2, -0.15) is 5.10 Å². The van der Waals surface area contributed by atoms with Gasteiger partial charge < -0.3 is 20.1 Å². The average Bonchev–Trinajstić information content (AvgIpc) is 3.50. The first-order valence-electron chi connectivity index (χ1n) is 14.1. The molecule has 2 amide bonds. The van der Waals surface area contributed by atoms with Gasteiger partial charge in [-0.15, -0.1) is 0 Å². The minimum atomic E-state index is -0.907. The number of aldehydes is 1. The highest BCUT2D eigenvalue weighted by molar-refractivity contribution is 6.40. The lowest BCUT2D eigenvalue weighted by Gasteiger charge is -2.24. The second kappa shape index (κ2) is 14.1. The van der Waals surface area contributed by atoms with Crippen molar-refractivity contribution in [1.82, 2.24) is 15.1 Å². The molecule has 4 aromatic rings. The Kier molecular flexibility index (Phi) is 10.0.